The third kappa shape index (κ3) is 8.02. The Morgan fingerprint density at radius 1 is 0.488 bits per heavy atom. The standard InChI is InChI=1S/C79H64O5/c80-57-30-32-59-55(44-57)28-38-65-74(59)71(52-22-16-49(17-23-52)46-10-4-1-5-11-46)76-61-34-42-69-78(63(61)36-40-67(76)82-65)73(54-26-20-51(21-27-54)48-14-8-3-9-15-48)79-64-37-41-68-77(62(64)35-43-70(79)84-69)72(53-24-18-50(19-25-53)47-12-6-2-7-13-47)75-60-33-31-58(81)45-56(60)29-39-66(75)83-68/h1-12,14-18,20,22-24,26-29,31,33-34,36-42,44-45,47,50-51,53,61,63,71-73,80-81H,13,19,21,25,30,32,35,43H2. The molecule has 9 atom stereocenters. The van der Waals surface area contributed by atoms with E-state index in [9.17, 15) is 10.2 Å². The SMILES string of the molecule is OC1=Cc2ccc3c(c2CC1)C(c1ccc(-c2ccccc2)cc1)C1=C(C=CC2C4=C(C=CC12)OC1=C(c2ccc5c(c2CC1)C(C1C=CC(C2C=CC=CC2)CC1)c1c(ccc2cc(O)ccc12)O5)C4C1=CCC(c2ccccc2)C=C1)O3. The summed E-state index contributed by atoms with van der Waals surface area (Å²) in [5, 5.41) is 23.9. The van der Waals surface area contributed by atoms with Crippen LogP contribution in [0.15, 0.2) is 258 Å². The Bertz CT molecular complexity index is 4280. The number of hydrogen-bond acceptors (Lipinski definition) is 5. The summed E-state index contributed by atoms with van der Waals surface area (Å²) in [4.78, 5) is 0. The zero-order chi connectivity index (χ0) is 55.6. The zero-order valence-corrected chi connectivity index (χ0v) is 46.8. The molecule has 3 heterocycles. The van der Waals surface area contributed by atoms with Crippen molar-refractivity contribution in [2.75, 3.05) is 0 Å². The molecule has 410 valence electrons. The van der Waals surface area contributed by atoms with Crippen LogP contribution in [0.3, 0.4) is 0 Å². The maximum absolute atomic E-state index is 10.9. The van der Waals surface area contributed by atoms with Gasteiger partial charge in [0.15, 0.2) is 0 Å². The van der Waals surface area contributed by atoms with Gasteiger partial charge in [-0.15, -0.1) is 0 Å². The summed E-state index contributed by atoms with van der Waals surface area (Å²) in [6.07, 6.45) is 40.2. The zero-order valence-electron chi connectivity index (χ0n) is 46.8. The number of aromatic hydroxyl groups is 1. The van der Waals surface area contributed by atoms with Crippen LogP contribution in [0.4, 0.5) is 0 Å². The highest BCUT2D eigenvalue weighted by molar-refractivity contribution is 5.92. The predicted octanol–water partition coefficient (Wildman–Crippen LogP) is 19.1. The molecule has 0 fully saturated rings. The summed E-state index contributed by atoms with van der Waals surface area (Å²) in [5.41, 5.74) is 18.8. The van der Waals surface area contributed by atoms with Crippen molar-refractivity contribution in [1.82, 2.24) is 0 Å². The maximum Gasteiger partial charge on any atom is 0.131 e. The number of ether oxygens (including phenoxy) is 3. The van der Waals surface area contributed by atoms with E-state index in [4.69, 9.17) is 14.2 Å². The average molecular weight is 1090 g/mol. The molecule has 5 nitrogen and oxygen atoms in total. The number of phenolic OH excluding ortho intramolecular Hbond substituents is 1. The minimum absolute atomic E-state index is 0.0341. The Kier molecular flexibility index (Phi) is 11.7. The lowest BCUT2D eigenvalue weighted by molar-refractivity contribution is 0.270. The second-order valence-electron chi connectivity index (χ2n) is 24.8. The van der Waals surface area contributed by atoms with E-state index < -0.39 is 0 Å². The third-order valence-corrected chi connectivity index (χ3v) is 20.4. The lowest BCUT2D eigenvalue weighted by Gasteiger charge is -2.46. The molecule has 0 bridgehead atoms. The van der Waals surface area contributed by atoms with Crippen molar-refractivity contribution >= 4 is 22.4 Å². The molecule has 0 saturated carbocycles. The molecule has 0 spiro atoms. The van der Waals surface area contributed by atoms with Gasteiger partial charge in [0.05, 0.1) is 5.76 Å². The number of allylic oxidation sites excluding steroid dienone is 19. The van der Waals surface area contributed by atoms with Gasteiger partial charge in [-0.2, -0.15) is 0 Å². The first-order chi connectivity index (χ1) is 41.5. The first-order valence-corrected chi connectivity index (χ1v) is 30.6. The summed E-state index contributed by atoms with van der Waals surface area (Å²) in [7, 11) is 0. The predicted molar refractivity (Wildman–Crippen MR) is 336 cm³/mol. The molecule has 0 amide bonds. The van der Waals surface area contributed by atoms with Gasteiger partial charge in [-0.25, -0.2) is 0 Å². The molecule has 5 heteroatoms. The topological polar surface area (TPSA) is 68.2 Å². The van der Waals surface area contributed by atoms with Crippen LogP contribution in [0.1, 0.15) is 106 Å². The van der Waals surface area contributed by atoms with E-state index in [-0.39, 0.29) is 47.2 Å². The maximum atomic E-state index is 10.9. The molecule has 3 aliphatic heterocycles. The molecule has 7 aliphatic carbocycles. The van der Waals surface area contributed by atoms with Crippen molar-refractivity contribution in [1.29, 1.82) is 0 Å². The summed E-state index contributed by atoms with van der Waals surface area (Å²) in [5.74, 6) is 7.71. The van der Waals surface area contributed by atoms with Gasteiger partial charge in [-0.3, -0.25) is 0 Å². The van der Waals surface area contributed by atoms with Gasteiger partial charge in [0.25, 0.3) is 0 Å². The number of aliphatic hydroxyl groups is 1. The molecule has 84 heavy (non-hydrogen) atoms. The van der Waals surface area contributed by atoms with Crippen molar-refractivity contribution in [3.63, 3.8) is 0 Å². The highest BCUT2D eigenvalue weighted by Crippen LogP contribution is 2.62. The average Bonchev–Trinajstić information content (AvgIpc) is 1.43. The fourth-order valence-corrected chi connectivity index (χ4v) is 16.5. The first-order valence-electron chi connectivity index (χ1n) is 30.6. The largest absolute Gasteiger partial charge is 0.512 e. The van der Waals surface area contributed by atoms with E-state index in [0.717, 1.165) is 95.8 Å². The van der Waals surface area contributed by atoms with Crippen molar-refractivity contribution in [3.8, 4) is 34.1 Å². The van der Waals surface area contributed by atoms with Gasteiger partial charge in [0, 0.05) is 70.6 Å². The summed E-state index contributed by atoms with van der Waals surface area (Å²) >= 11 is 0. The third-order valence-electron chi connectivity index (χ3n) is 20.4. The molecule has 2 N–H and O–H groups in total. The van der Waals surface area contributed by atoms with Gasteiger partial charge < -0.3 is 24.4 Å². The molecule has 7 aromatic carbocycles. The van der Waals surface area contributed by atoms with Gasteiger partial charge in [-0.05, 0) is 177 Å². The highest BCUT2D eigenvalue weighted by atomic mass is 16.5. The van der Waals surface area contributed by atoms with Crippen LogP contribution in [0.5, 0.6) is 23.0 Å². The lowest BCUT2D eigenvalue weighted by atomic mass is 9.61. The van der Waals surface area contributed by atoms with Gasteiger partial charge in [-0.1, -0.05) is 176 Å². The molecule has 0 saturated heterocycles. The molecule has 17 rings (SSSR count). The molecule has 9 unspecified atom stereocenters. The van der Waals surface area contributed by atoms with Crippen molar-refractivity contribution in [2.24, 2.45) is 35.5 Å². The van der Waals surface area contributed by atoms with Crippen LogP contribution in [-0.2, 0) is 17.6 Å². The fourth-order valence-electron chi connectivity index (χ4n) is 16.5. The van der Waals surface area contributed by atoms with Gasteiger partial charge >= 0.3 is 0 Å². The highest BCUT2D eigenvalue weighted by Gasteiger charge is 2.49. The summed E-state index contributed by atoms with van der Waals surface area (Å²) in [6.45, 7) is 0. The minimum atomic E-state index is -0.0959. The van der Waals surface area contributed by atoms with Crippen molar-refractivity contribution in [2.45, 2.75) is 69.1 Å². The normalized spacial score (nSPS) is 26.4. The Hall–Kier alpha value is -9.06. The van der Waals surface area contributed by atoms with Crippen LogP contribution >= 0.6 is 0 Å². The van der Waals surface area contributed by atoms with Crippen LogP contribution in [0, 0.1) is 35.5 Å². The quantitative estimate of drug-likeness (QED) is 0.162. The van der Waals surface area contributed by atoms with E-state index in [1.807, 2.05) is 18.2 Å². The number of rotatable bonds is 6. The molecule has 0 radical (unpaired) electrons. The smallest absolute Gasteiger partial charge is 0.131 e. The number of hydrogen-bond donors (Lipinski definition) is 2. The number of benzene rings is 7. The van der Waals surface area contributed by atoms with Crippen LogP contribution in [-0.4, -0.2) is 10.2 Å². The van der Waals surface area contributed by atoms with E-state index in [2.05, 4.69) is 206 Å². The summed E-state index contributed by atoms with van der Waals surface area (Å²) < 4.78 is 21.8. The van der Waals surface area contributed by atoms with E-state index in [1.165, 1.54) is 77.9 Å². The molecular weight excluding hydrogens is 1030 g/mol. The second kappa shape index (κ2) is 19.8. The van der Waals surface area contributed by atoms with Crippen LogP contribution in [0.25, 0.3) is 33.5 Å². The lowest BCUT2D eigenvalue weighted by Crippen LogP contribution is -2.35. The van der Waals surface area contributed by atoms with E-state index in [1.54, 1.807) is 0 Å². The molecule has 7 aromatic rings. The van der Waals surface area contributed by atoms with E-state index in [0.29, 0.717) is 24.0 Å². The van der Waals surface area contributed by atoms with E-state index >= 15 is 0 Å². The van der Waals surface area contributed by atoms with Crippen molar-refractivity contribution in [3.05, 3.63) is 308 Å². The Labute approximate surface area is 491 Å². The fraction of sp³-hybridized carbons (Fsp3) is 0.215. The minimum Gasteiger partial charge on any atom is -0.512 e. The molecular formula is C79H64O5. The van der Waals surface area contributed by atoms with Crippen LogP contribution < -0.4 is 9.47 Å². The summed E-state index contributed by atoms with van der Waals surface area (Å²) in [6, 6.07) is 49.8. The second-order valence-corrected chi connectivity index (χ2v) is 24.8. The number of phenols is 1. The van der Waals surface area contributed by atoms with Crippen LogP contribution in [0.2, 0.25) is 0 Å². The monoisotopic (exact) mass is 1090 g/mol. The van der Waals surface area contributed by atoms with Crippen molar-refractivity contribution < 1.29 is 24.4 Å². The Morgan fingerprint density at radius 3 is 2.00 bits per heavy atom. The number of fused-ring (bicyclic) bond motifs is 13. The molecule has 10 aliphatic rings. The van der Waals surface area contributed by atoms with Gasteiger partial charge in [0.2, 0.25) is 0 Å². The number of aliphatic hydroxyl groups excluding tert-OH is 1. The Balaban J connectivity index is 0.811. The molecule has 0 aromatic heterocycles. The Morgan fingerprint density at radius 2 is 1.21 bits per heavy atom. The van der Waals surface area contributed by atoms with Gasteiger partial charge in [0.1, 0.15) is 40.3 Å². The first kappa shape index (κ1) is 49.5.